The maximum absolute atomic E-state index is 14.6. The summed E-state index contributed by atoms with van der Waals surface area (Å²) in [6.07, 6.45) is 14.6. The molecule has 6 nitrogen and oxygen atoms in total. The van der Waals surface area contributed by atoms with Crippen molar-refractivity contribution in [2.45, 2.75) is 149 Å². The number of ether oxygens (including phenoxy) is 1. The quantitative estimate of drug-likeness (QED) is 0.299. The van der Waals surface area contributed by atoms with E-state index < -0.39 is 20.9 Å². The third-order valence-corrected chi connectivity index (χ3v) is 13.9. The summed E-state index contributed by atoms with van der Waals surface area (Å²) in [4.78, 5) is 13.8. The minimum absolute atomic E-state index is 0.0688. The summed E-state index contributed by atoms with van der Waals surface area (Å²) in [6.45, 7) is 10.9. The topological polar surface area (TPSA) is 89.7 Å². The van der Waals surface area contributed by atoms with Crippen LogP contribution in [0.5, 0.6) is 0 Å². The molecule has 0 saturated heterocycles. The molecule has 4 fully saturated rings. The highest BCUT2D eigenvalue weighted by Gasteiger charge is 2.67. The van der Waals surface area contributed by atoms with Gasteiger partial charge in [-0.2, -0.15) is 4.31 Å². The maximum Gasteiger partial charge on any atom is 0.313 e. The largest absolute Gasteiger partial charge is 0.461 e. The van der Waals surface area contributed by atoms with Crippen molar-refractivity contribution in [1.82, 2.24) is 4.31 Å². The van der Waals surface area contributed by atoms with Crippen molar-refractivity contribution in [3.63, 3.8) is 0 Å². The minimum atomic E-state index is -3.54. The Hall–Kier alpha value is -0.660. The first kappa shape index (κ1) is 30.3. The lowest BCUT2D eigenvalue weighted by Crippen LogP contribution is -2.55. The van der Waals surface area contributed by atoms with Crippen molar-refractivity contribution in [3.8, 4) is 0 Å². The van der Waals surface area contributed by atoms with Crippen LogP contribution in [0, 0.1) is 28.1 Å². The van der Waals surface area contributed by atoms with Crippen molar-refractivity contribution in [3.05, 3.63) is 0 Å². The van der Waals surface area contributed by atoms with Crippen LogP contribution in [0.2, 0.25) is 0 Å². The van der Waals surface area contributed by atoms with E-state index in [2.05, 4.69) is 34.6 Å². The molecule has 2 bridgehead atoms. The van der Waals surface area contributed by atoms with E-state index in [-0.39, 0.29) is 47.8 Å². The van der Waals surface area contributed by atoms with E-state index in [0.717, 1.165) is 77.0 Å². The second-order valence-corrected chi connectivity index (χ2v) is 16.1. The molecule has 0 aromatic rings. The molecular weight excluding hydrogens is 496 g/mol. The molecule has 0 unspecified atom stereocenters. The summed E-state index contributed by atoms with van der Waals surface area (Å²) >= 11 is 0. The van der Waals surface area contributed by atoms with Crippen molar-refractivity contribution >= 4 is 16.0 Å². The third-order valence-electron chi connectivity index (χ3n) is 11.8. The van der Waals surface area contributed by atoms with Crippen molar-refractivity contribution < 1.29 is 17.9 Å². The van der Waals surface area contributed by atoms with Gasteiger partial charge in [0.2, 0.25) is 10.0 Å². The fourth-order valence-corrected chi connectivity index (χ4v) is 11.9. The standard InChI is InChI=1S/C31H56N2O4S/c1-6-18-30(21-32,23(2)3)28(34)37-27-20-24-17-19-31(27,29(24,4)5)22-38(35,36)33(25-13-9-7-10-14-25)26-15-11-8-12-16-26/h23-27H,6-22,32H2,1-5H3/t24-,27-,30+,31-/m1/s1. The molecule has 0 aromatic heterocycles. The highest BCUT2D eigenvalue weighted by molar-refractivity contribution is 7.89. The SMILES string of the molecule is CCC[C@@](CN)(C(=O)O[C@@H]1C[C@H]2CC[C@]1(CS(=O)(=O)N(C1CCCCC1)C1CCCCC1)C2(C)C)C(C)C. The Kier molecular flexibility index (Phi) is 9.31. The summed E-state index contributed by atoms with van der Waals surface area (Å²) in [5.74, 6) is 0.350. The van der Waals surface area contributed by atoms with E-state index in [1.807, 2.05) is 4.31 Å². The number of sulfonamides is 1. The fourth-order valence-electron chi connectivity index (χ4n) is 9.07. The smallest absolute Gasteiger partial charge is 0.313 e. The van der Waals surface area contributed by atoms with Gasteiger partial charge in [0.05, 0.1) is 11.2 Å². The summed E-state index contributed by atoms with van der Waals surface area (Å²) in [6, 6.07) is 0.262. The fraction of sp³-hybridized carbons (Fsp3) is 0.968. The van der Waals surface area contributed by atoms with Crippen LogP contribution in [0.4, 0.5) is 0 Å². The molecule has 4 saturated carbocycles. The molecule has 38 heavy (non-hydrogen) atoms. The normalized spacial score (nSPS) is 32.1. The summed E-state index contributed by atoms with van der Waals surface area (Å²) < 4.78 is 37.7. The predicted octanol–water partition coefficient (Wildman–Crippen LogP) is 6.42. The summed E-state index contributed by atoms with van der Waals surface area (Å²) in [5.41, 5.74) is 4.79. The van der Waals surface area contributed by atoms with Crippen LogP contribution in [-0.4, -0.2) is 49.2 Å². The zero-order valence-electron chi connectivity index (χ0n) is 25.0. The summed E-state index contributed by atoms with van der Waals surface area (Å²) in [5, 5.41) is 0. The molecular formula is C31H56N2O4S. The first-order chi connectivity index (χ1) is 17.9. The second kappa shape index (κ2) is 11.7. The van der Waals surface area contributed by atoms with Gasteiger partial charge in [0.15, 0.2) is 0 Å². The highest BCUT2D eigenvalue weighted by atomic mass is 32.2. The number of rotatable bonds is 11. The van der Waals surface area contributed by atoms with Crippen LogP contribution in [0.1, 0.15) is 131 Å². The third kappa shape index (κ3) is 5.22. The number of fused-ring (bicyclic) bond motifs is 2. The van der Waals surface area contributed by atoms with Gasteiger partial charge in [0, 0.05) is 24.0 Å². The van der Waals surface area contributed by atoms with E-state index in [9.17, 15) is 13.2 Å². The zero-order chi connectivity index (χ0) is 27.8. The Morgan fingerprint density at radius 3 is 2.00 bits per heavy atom. The van der Waals surface area contributed by atoms with Gasteiger partial charge in [0.1, 0.15) is 6.10 Å². The van der Waals surface area contributed by atoms with Crippen LogP contribution in [0.25, 0.3) is 0 Å². The van der Waals surface area contributed by atoms with Crippen LogP contribution in [0.15, 0.2) is 0 Å². The van der Waals surface area contributed by atoms with E-state index >= 15 is 0 Å². The Morgan fingerprint density at radius 2 is 1.55 bits per heavy atom. The molecule has 4 aliphatic rings. The molecule has 0 aromatic carbocycles. The van der Waals surface area contributed by atoms with Crippen molar-refractivity contribution in [2.75, 3.05) is 12.3 Å². The first-order valence-electron chi connectivity index (χ1n) is 15.9. The Labute approximate surface area is 233 Å². The number of nitrogens with two attached hydrogens (primary N) is 1. The van der Waals surface area contributed by atoms with Crippen LogP contribution in [-0.2, 0) is 19.6 Å². The second-order valence-electron chi connectivity index (χ2n) is 14.2. The lowest BCUT2D eigenvalue weighted by Gasteiger charge is -2.46. The average Bonchev–Trinajstić information content (AvgIpc) is 3.23. The molecule has 4 rings (SSSR count). The number of hydrogen-bond donors (Lipinski definition) is 1. The van der Waals surface area contributed by atoms with Gasteiger partial charge in [-0.1, -0.05) is 79.6 Å². The van der Waals surface area contributed by atoms with Crippen LogP contribution in [0.3, 0.4) is 0 Å². The summed E-state index contributed by atoms with van der Waals surface area (Å²) in [7, 11) is -3.54. The molecule has 0 aliphatic heterocycles. The maximum atomic E-state index is 14.6. The lowest BCUT2D eigenvalue weighted by atomic mass is 9.69. The molecule has 0 radical (unpaired) electrons. The van der Waals surface area contributed by atoms with E-state index in [0.29, 0.717) is 12.3 Å². The monoisotopic (exact) mass is 552 g/mol. The lowest BCUT2D eigenvalue weighted by molar-refractivity contribution is -0.172. The van der Waals surface area contributed by atoms with Gasteiger partial charge in [-0.15, -0.1) is 0 Å². The van der Waals surface area contributed by atoms with Gasteiger partial charge in [-0.25, -0.2) is 8.42 Å². The van der Waals surface area contributed by atoms with Crippen LogP contribution < -0.4 is 5.73 Å². The Morgan fingerprint density at radius 1 is 1.00 bits per heavy atom. The number of carbonyl (C=O) groups excluding carboxylic acids is 1. The van der Waals surface area contributed by atoms with Gasteiger partial charge in [0.25, 0.3) is 0 Å². The zero-order valence-corrected chi connectivity index (χ0v) is 25.8. The molecule has 4 atom stereocenters. The molecule has 0 spiro atoms. The Balaban J connectivity index is 1.65. The molecule has 220 valence electrons. The number of carbonyl (C=O) groups is 1. The molecule has 7 heteroatoms. The number of hydrogen-bond acceptors (Lipinski definition) is 5. The molecule has 4 aliphatic carbocycles. The van der Waals surface area contributed by atoms with Gasteiger partial charge < -0.3 is 10.5 Å². The predicted molar refractivity (Wildman–Crippen MR) is 154 cm³/mol. The van der Waals surface area contributed by atoms with Crippen molar-refractivity contribution in [1.29, 1.82) is 0 Å². The van der Waals surface area contributed by atoms with E-state index in [1.54, 1.807) is 0 Å². The van der Waals surface area contributed by atoms with Gasteiger partial charge in [-0.3, -0.25) is 4.79 Å². The van der Waals surface area contributed by atoms with Crippen LogP contribution >= 0.6 is 0 Å². The number of nitrogens with zero attached hydrogens (tertiary/aromatic N) is 1. The average molecular weight is 553 g/mol. The highest BCUT2D eigenvalue weighted by Crippen LogP contribution is 2.67. The minimum Gasteiger partial charge on any atom is -0.461 e. The van der Waals surface area contributed by atoms with Gasteiger partial charge in [-0.05, 0) is 68.6 Å². The number of esters is 1. The van der Waals surface area contributed by atoms with Crippen molar-refractivity contribution in [2.24, 2.45) is 33.8 Å². The first-order valence-corrected chi connectivity index (χ1v) is 17.5. The Bertz CT molecular complexity index is 904. The van der Waals surface area contributed by atoms with E-state index in [1.165, 1.54) is 12.8 Å². The molecule has 0 heterocycles. The van der Waals surface area contributed by atoms with Gasteiger partial charge >= 0.3 is 5.97 Å². The van der Waals surface area contributed by atoms with E-state index in [4.69, 9.17) is 10.5 Å². The molecule has 2 N–H and O–H groups in total. The molecule has 0 amide bonds.